The zero-order chi connectivity index (χ0) is 17.6. The number of hydrogen-bond donors (Lipinski definition) is 1. The van der Waals surface area contributed by atoms with Crippen molar-refractivity contribution in [2.24, 2.45) is 0 Å². The van der Waals surface area contributed by atoms with Crippen LogP contribution >= 0.6 is 11.8 Å². The zero-order valence-corrected chi connectivity index (χ0v) is 14.4. The summed E-state index contributed by atoms with van der Waals surface area (Å²) in [6.45, 7) is 0. The maximum absolute atomic E-state index is 11.9. The third-order valence-electron chi connectivity index (χ3n) is 3.54. The van der Waals surface area contributed by atoms with E-state index in [9.17, 15) is 9.59 Å². The SMILES string of the molecule is COC(=O)c1ccc(CSc2nc(-c3ccccc3)cc(=O)[nH]2)cc1. The van der Waals surface area contributed by atoms with Gasteiger partial charge in [0.05, 0.1) is 18.4 Å². The minimum atomic E-state index is -0.360. The number of hydrogen-bond acceptors (Lipinski definition) is 5. The highest BCUT2D eigenvalue weighted by atomic mass is 32.2. The van der Waals surface area contributed by atoms with Crippen molar-refractivity contribution in [1.82, 2.24) is 9.97 Å². The molecular weight excluding hydrogens is 336 g/mol. The molecule has 0 aliphatic carbocycles. The Labute approximate surface area is 149 Å². The molecule has 0 aliphatic rings. The Morgan fingerprint density at radius 1 is 1.12 bits per heavy atom. The number of nitrogens with zero attached hydrogens (tertiary/aromatic N) is 1. The third-order valence-corrected chi connectivity index (χ3v) is 4.48. The molecule has 0 radical (unpaired) electrons. The smallest absolute Gasteiger partial charge is 0.337 e. The van der Waals surface area contributed by atoms with Gasteiger partial charge in [-0.25, -0.2) is 9.78 Å². The molecule has 0 saturated carbocycles. The number of methoxy groups -OCH3 is 1. The summed E-state index contributed by atoms with van der Waals surface area (Å²) >= 11 is 1.43. The predicted molar refractivity (Wildman–Crippen MR) is 97.6 cm³/mol. The maximum Gasteiger partial charge on any atom is 0.337 e. The minimum absolute atomic E-state index is 0.183. The molecule has 3 aromatic rings. The van der Waals surface area contributed by atoms with E-state index >= 15 is 0 Å². The molecule has 0 fully saturated rings. The molecular formula is C19H16N2O3S. The maximum atomic E-state index is 11.9. The summed E-state index contributed by atoms with van der Waals surface area (Å²) in [5.74, 6) is 0.267. The number of ether oxygens (including phenoxy) is 1. The fourth-order valence-electron chi connectivity index (χ4n) is 2.27. The van der Waals surface area contributed by atoms with Gasteiger partial charge in [0.2, 0.25) is 0 Å². The second-order valence-electron chi connectivity index (χ2n) is 5.28. The molecule has 126 valence electrons. The average molecular weight is 352 g/mol. The second kappa shape index (κ2) is 7.81. The van der Waals surface area contributed by atoms with E-state index in [4.69, 9.17) is 0 Å². The van der Waals surface area contributed by atoms with Crippen LogP contribution in [0.15, 0.2) is 70.6 Å². The van der Waals surface area contributed by atoms with Gasteiger partial charge in [0, 0.05) is 17.4 Å². The van der Waals surface area contributed by atoms with Gasteiger partial charge in [0.25, 0.3) is 5.56 Å². The van der Waals surface area contributed by atoms with Gasteiger partial charge < -0.3 is 9.72 Å². The van der Waals surface area contributed by atoms with E-state index in [0.717, 1.165) is 11.1 Å². The number of carbonyl (C=O) groups excluding carboxylic acids is 1. The van der Waals surface area contributed by atoms with Crippen molar-refractivity contribution >= 4 is 17.7 Å². The van der Waals surface area contributed by atoms with Crippen LogP contribution in [0, 0.1) is 0 Å². The van der Waals surface area contributed by atoms with Crippen molar-refractivity contribution in [3.8, 4) is 11.3 Å². The van der Waals surface area contributed by atoms with Gasteiger partial charge in [-0.15, -0.1) is 0 Å². The zero-order valence-electron chi connectivity index (χ0n) is 13.6. The number of aromatic nitrogens is 2. The van der Waals surface area contributed by atoms with E-state index in [0.29, 0.717) is 22.2 Å². The number of nitrogens with one attached hydrogen (secondary N) is 1. The number of esters is 1. The predicted octanol–water partition coefficient (Wildman–Crippen LogP) is 3.52. The summed E-state index contributed by atoms with van der Waals surface area (Å²) in [5, 5.41) is 0.559. The first kappa shape index (κ1) is 17.0. The van der Waals surface area contributed by atoms with Crippen LogP contribution in [-0.2, 0) is 10.5 Å². The Bertz CT molecular complexity index is 921. The van der Waals surface area contributed by atoms with Crippen molar-refractivity contribution in [1.29, 1.82) is 0 Å². The molecule has 0 aliphatic heterocycles. The summed E-state index contributed by atoms with van der Waals surface area (Å²) < 4.78 is 4.68. The van der Waals surface area contributed by atoms with Crippen molar-refractivity contribution in [3.63, 3.8) is 0 Å². The van der Waals surface area contributed by atoms with Crippen LogP contribution in [0.4, 0.5) is 0 Å². The number of thioether (sulfide) groups is 1. The average Bonchev–Trinajstić information content (AvgIpc) is 2.66. The summed E-state index contributed by atoms with van der Waals surface area (Å²) in [6, 6.07) is 18.2. The van der Waals surface area contributed by atoms with E-state index in [1.807, 2.05) is 42.5 Å². The lowest BCUT2D eigenvalue weighted by Gasteiger charge is -2.05. The van der Waals surface area contributed by atoms with Gasteiger partial charge in [-0.3, -0.25) is 4.79 Å². The second-order valence-corrected chi connectivity index (χ2v) is 6.24. The highest BCUT2D eigenvalue weighted by Gasteiger charge is 2.07. The standard InChI is InChI=1S/C19H16N2O3S/c1-24-18(23)15-9-7-13(8-10-15)12-25-19-20-16(11-17(22)21-19)14-5-3-2-4-6-14/h2-11H,12H2,1H3,(H,20,21,22). The monoisotopic (exact) mass is 352 g/mol. The molecule has 0 atom stereocenters. The van der Waals surface area contributed by atoms with Gasteiger partial charge in [-0.2, -0.15) is 0 Å². The largest absolute Gasteiger partial charge is 0.465 e. The molecule has 25 heavy (non-hydrogen) atoms. The van der Waals surface area contributed by atoms with E-state index in [2.05, 4.69) is 14.7 Å². The first-order valence-corrected chi connectivity index (χ1v) is 8.61. The van der Waals surface area contributed by atoms with Gasteiger partial charge in [0.1, 0.15) is 0 Å². The van der Waals surface area contributed by atoms with Crippen molar-refractivity contribution in [2.75, 3.05) is 7.11 Å². The molecule has 0 saturated heterocycles. The first-order valence-electron chi connectivity index (χ1n) is 7.62. The van der Waals surface area contributed by atoms with Crippen LogP contribution in [0.1, 0.15) is 15.9 Å². The number of aromatic amines is 1. The van der Waals surface area contributed by atoms with Crippen LogP contribution in [0.25, 0.3) is 11.3 Å². The molecule has 6 heteroatoms. The fourth-order valence-corrected chi connectivity index (χ4v) is 3.10. The molecule has 5 nitrogen and oxygen atoms in total. The Balaban J connectivity index is 1.74. The number of benzene rings is 2. The summed E-state index contributed by atoms with van der Waals surface area (Å²) in [7, 11) is 1.35. The number of rotatable bonds is 5. The molecule has 0 unspecified atom stereocenters. The Morgan fingerprint density at radius 3 is 2.52 bits per heavy atom. The topological polar surface area (TPSA) is 72.0 Å². The van der Waals surface area contributed by atoms with Gasteiger partial charge >= 0.3 is 5.97 Å². The summed E-state index contributed by atoms with van der Waals surface area (Å²) in [6.07, 6.45) is 0. The van der Waals surface area contributed by atoms with Crippen molar-refractivity contribution in [3.05, 3.63) is 82.1 Å². The summed E-state index contributed by atoms with van der Waals surface area (Å²) in [4.78, 5) is 30.6. The minimum Gasteiger partial charge on any atom is -0.465 e. The van der Waals surface area contributed by atoms with Gasteiger partial charge in [-0.05, 0) is 17.7 Å². The lowest BCUT2D eigenvalue weighted by Crippen LogP contribution is -2.08. The van der Waals surface area contributed by atoms with E-state index < -0.39 is 0 Å². The van der Waals surface area contributed by atoms with Crippen LogP contribution in [0.3, 0.4) is 0 Å². The highest BCUT2D eigenvalue weighted by Crippen LogP contribution is 2.22. The molecule has 3 rings (SSSR count). The number of H-pyrrole nitrogens is 1. The van der Waals surface area contributed by atoms with E-state index in [-0.39, 0.29) is 11.5 Å². The molecule has 1 N–H and O–H groups in total. The molecule has 2 aromatic carbocycles. The molecule has 1 aromatic heterocycles. The van der Waals surface area contributed by atoms with Gasteiger partial charge in [-0.1, -0.05) is 54.2 Å². The Kier molecular flexibility index (Phi) is 5.30. The Hall–Kier alpha value is -2.86. The molecule has 0 amide bonds. The number of carbonyl (C=O) groups is 1. The molecule has 0 spiro atoms. The molecule has 1 heterocycles. The van der Waals surface area contributed by atoms with Crippen LogP contribution in [0.2, 0.25) is 0 Å². The van der Waals surface area contributed by atoms with Crippen molar-refractivity contribution < 1.29 is 9.53 Å². The lowest BCUT2D eigenvalue weighted by atomic mass is 10.1. The fraction of sp³-hybridized carbons (Fsp3) is 0.105. The lowest BCUT2D eigenvalue weighted by molar-refractivity contribution is 0.0600. The van der Waals surface area contributed by atoms with Crippen molar-refractivity contribution in [2.45, 2.75) is 10.9 Å². The highest BCUT2D eigenvalue weighted by molar-refractivity contribution is 7.98. The van der Waals surface area contributed by atoms with Crippen LogP contribution in [0.5, 0.6) is 0 Å². The quantitative estimate of drug-likeness (QED) is 0.432. The summed E-state index contributed by atoms with van der Waals surface area (Å²) in [5.41, 5.74) is 2.89. The van der Waals surface area contributed by atoms with Crippen LogP contribution in [-0.4, -0.2) is 23.0 Å². The third kappa shape index (κ3) is 4.36. The first-order chi connectivity index (χ1) is 12.2. The Morgan fingerprint density at radius 2 is 1.84 bits per heavy atom. The normalized spacial score (nSPS) is 10.4. The van der Waals surface area contributed by atoms with E-state index in [1.165, 1.54) is 24.9 Å². The van der Waals surface area contributed by atoms with Crippen LogP contribution < -0.4 is 5.56 Å². The van der Waals surface area contributed by atoms with E-state index in [1.54, 1.807) is 12.1 Å². The molecule has 0 bridgehead atoms. The van der Waals surface area contributed by atoms with Gasteiger partial charge in [0.15, 0.2) is 5.16 Å².